The van der Waals surface area contributed by atoms with Gasteiger partial charge in [0, 0.05) is 26.2 Å². The normalized spacial score (nSPS) is 17.2. The van der Waals surface area contributed by atoms with Gasteiger partial charge in [0.05, 0.1) is 0 Å². The van der Waals surface area contributed by atoms with Gasteiger partial charge >= 0.3 is 6.18 Å². The summed E-state index contributed by atoms with van der Waals surface area (Å²) in [6.07, 6.45) is -4.26. The molecule has 2 aromatic carbocycles. The second-order valence-corrected chi connectivity index (χ2v) is 5.34. The molecule has 1 N–H and O–H groups in total. The Bertz CT molecular complexity index is 628. The number of nitrogens with zero attached hydrogens (tertiary/aromatic N) is 1. The molecule has 0 radical (unpaired) electrons. The van der Waals surface area contributed by atoms with E-state index in [1.807, 2.05) is 24.3 Å². The van der Waals surface area contributed by atoms with E-state index in [4.69, 9.17) is 0 Å². The smallest absolute Gasteiger partial charge is 0.314 e. The average molecular weight is 367 g/mol. The maximum Gasteiger partial charge on any atom is 0.408 e. The SMILES string of the molecule is Cl.Cl.FC(F)(F)[C@@H](c1ccc2ccccc2c1)N1CCNCC1. The number of alkyl halides is 3. The predicted molar refractivity (Wildman–Crippen MR) is 91.7 cm³/mol. The molecule has 1 fully saturated rings. The van der Waals surface area contributed by atoms with Crippen LogP contribution in [0.1, 0.15) is 11.6 Å². The van der Waals surface area contributed by atoms with Gasteiger partial charge in [0.2, 0.25) is 0 Å². The second kappa shape index (κ2) is 8.20. The highest BCUT2D eigenvalue weighted by atomic mass is 35.5. The Morgan fingerprint density at radius 2 is 1.52 bits per heavy atom. The van der Waals surface area contributed by atoms with Crippen molar-refractivity contribution in [1.29, 1.82) is 0 Å². The van der Waals surface area contributed by atoms with Gasteiger partial charge in [-0.15, -0.1) is 24.8 Å². The average Bonchev–Trinajstić information content (AvgIpc) is 2.47. The molecule has 7 heteroatoms. The topological polar surface area (TPSA) is 15.3 Å². The van der Waals surface area contributed by atoms with Crippen LogP contribution in [0.15, 0.2) is 42.5 Å². The first-order valence-electron chi connectivity index (χ1n) is 7.06. The molecule has 2 nitrogen and oxygen atoms in total. The second-order valence-electron chi connectivity index (χ2n) is 5.34. The van der Waals surface area contributed by atoms with E-state index in [0.717, 1.165) is 10.8 Å². The van der Waals surface area contributed by atoms with Crippen molar-refractivity contribution in [1.82, 2.24) is 10.2 Å². The first-order valence-corrected chi connectivity index (χ1v) is 7.06. The third kappa shape index (κ3) is 4.51. The standard InChI is InChI=1S/C16H17F3N2.2ClH/c17-16(18,19)15(21-9-7-20-8-10-21)14-6-5-12-3-1-2-4-13(12)11-14;;/h1-6,11,15,20H,7-10H2;2*1H/t15-;;/m1../s1. The number of nitrogens with one attached hydrogen (secondary N) is 1. The van der Waals surface area contributed by atoms with Crippen LogP contribution in [0.2, 0.25) is 0 Å². The Morgan fingerprint density at radius 3 is 2.13 bits per heavy atom. The van der Waals surface area contributed by atoms with Crippen molar-refractivity contribution in [2.75, 3.05) is 26.2 Å². The van der Waals surface area contributed by atoms with Crippen molar-refractivity contribution in [2.45, 2.75) is 12.2 Å². The van der Waals surface area contributed by atoms with Crippen molar-refractivity contribution in [3.05, 3.63) is 48.0 Å². The molecule has 0 saturated carbocycles. The molecule has 0 spiro atoms. The molecule has 0 aliphatic carbocycles. The number of hydrogen-bond donors (Lipinski definition) is 1. The summed E-state index contributed by atoms with van der Waals surface area (Å²) in [5, 5.41) is 4.90. The van der Waals surface area contributed by atoms with E-state index in [1.165, 1.54) is 4.90 Å². The summed E-state index contributed by atoms with van der Waals surface area (Å²) in [6.45, 7) is 2.02. The van der Waals surface area contributed by atoms with E-state index >= 15 is 0 Å². The number of piperazine rings is 1. The largest absolute Gasteiger partial charge is 0.408 e. The Balaban J connectivity index is 0.00000132. The molecule has 0 aromatic heterocycles. The molecule has 1 heterocycles. The van der Waals surface area contributed by atoms with Gasteiger partial charge in [0.1, 0.15) is 6.04 Å². The van der Waals surface area contributed by atoms with Crippen LogP contribution in [0.5, 0.6) is 0 Å². The zero-order valence-electron chi connectivity index (χ0n) is 12.3. The van der Waals surface area contributed by atoms with Crippen LogP contribution >= 0.6 is 24.8 Å². The summed E-state index contributed by atoms with van der Waals surface area (Å²) < 4.78 is 40.6. The maximum absolute atomic E-state index is 13.5. The van der Waals surface area contributed by atoms with Crippen LogP contribution in [-0.2, 0) is 0 Å². The van der Waals surface area contributed by atoms with E-state index in [9.17, 15) is 13.2 Å². The monoisotopic (exact) mass is 366 g/mol. The molecule has 1 saturated heterocycles. The first-order chi connectivity index (χ1) is 10.1. The van der Waals surface area contributed by atoms with Crippen molar-refractivity contribution < 1.29 is 13.2 Å². The van der Waals surface area contributed by atoms with Crippen LogP contribution in [0.3, 0.4) is 0 Å². The summed E-state index contributed by atoms with van der Waals surface area (Å²) in [5.74, 6) is 0. The summed E-state index contributed by atoms with van der Waals surface area (Å²) in [4.78, 5) is 1.51. The van der Waals surface area contributed by atoms with Crippen molar-refractivity contribution in [3.63, 3.8) is 0 Å². The van der Waals surface area contributed by atoms with E-state index in [0.29, 0.717) is 31.7 Å². The van der Waals surface area contributed by atoms with Gasteiger partial charge in [-0.3, -0.25) is 4.90 Å². The molecule has 23 heavy (non-hydrogen) atoms. The minimum absolute atomic E-state index is 0. The quantitative estimate of drug-likeness (QED) is 0.856. The summed E-state index contributed by atoms with van der Waals surface area (Å²) in [5.41, 5.74) is 0.322. The fourth-order valence-electron chi connectivity index (χ4n) is 2.93. The fourth-order valence-corrected chi connectivity index (χ4v) is 2.93. The fraction of sp³-hybridized carbons (Fsp3) is 0.375. The van der Waals surface area contributed by atoms with E-state index in [2.05, 4.69) is 5.32 Å². The number of fused-ring (bicyclic) bond motifs is 1. The molecule has 0 bridgehead atoms. The number of hydrogen-bond acceptors (Lipinski definition) is 2. The van der Waals surface area contributed by atoms with Gasteiger partial charge in [-0.25, -0.2) is 0 Å². The Hall–Kier alpha value is -1.01. The third-order valence-electron chi connectivity index (χ3n) is 3.92. The van der Waals surface area contributed by atoms with Gasteiger partial charge < -0.3 is 5.32 Å². The minimum Gasteiger partial charge on any atom is -0.314 e. The van der Waals surface area contributed by atoms with Gasteiger partial charge in [-0.1, -0.05) is 36.4 Å². The molecule has 2 aromatic rings. The van der Waals surface area contributed by atoms with Crippen LogP contribution in [0.4, 0.5) is 13.2 Å². The highest BCUT2D eigenvalue weighted by molar-refractivity contribution is 5.85. The lowest BCUT2D eigenvalue weighted by atomic mass is 10.00. The first kappa shape index (κ1) is 20.0. The number of rotatable bonds is 2. The van der Waals surface area contributed by atoms with Crippen LogP contribution < -0.4 is 5.32 Å². The molecule has 3 rings (SSSR count). The molecular weight excluding hydrogens is 348 g/mol. The Morgan fingerprint density at radius 1 is 0.913 bits per heavy atom. The molecule has 0 unspecified atom stereocenters. The lowest BCUT2D eigenvalue weighted by Gasteiger charge is -2.36. The summed E-state index contributed by atoms with van der Waals surface area (Å²) in [7, 11) is 0. The van der Waals surface area contributed by atoms with Crippen LogP contribution in [0.25, 0.3) is 10.8 Å². The van der Waals surface area contributed by atoms with Gasteiger partial charge in [-0.05, 0) is 22.4 Å². The summed E-state index contributed by atoms with van der Waals surface area (Å²) in [6, 6.07) is 11.0. The van der Waals surface area contributed by atoms with Crippen molar-refractivity contribution in [3.8, 4) is 0 Å². The highest BCUT2D eigenvalue weighted by Gasteiger charge is 2.44. The number of halogens is 5. The molecule has 0 amide bonds. The van der Waals surface area contributed by atoms with Gasteiger partial charge in [0.25, 0.3) is 0 Å². The lowest BCUT2D eigenvalue weighted by molar-refractivity contribution is -0.187. The highest BCUT2D eigenvalue weighted by Crippen LogP contribution is 2.38. The van der Waals surface area contributed by atoms with Crippen molar-refractivity contribution >= 4 is 35.6 Å². The van der Waals surface area contributed by atoms with Gasteiger partial charge in [-0.2, -0.15) is 13.2 Å². The summed E-state index contributed by atoms with van der Waals surface area (Å²) >= 11 is 0. The van der Waals surface area contributed by atoms with Gasteiger partial charge in [0.15, 0.2) is 0 Å². The lowest BCUT2D eigenvalue weighted by Crippen LogP contribution is -2.49. The number of benzene rings is 2. The minimum atomic E-state index is -4.26. The van der Waals surface area contributed by atoms with E-state index < -0.39 is 12.2 Å². The Kier molecular flexibility index (Phi) is 7.14. The van der Waals surface area contributed by atoms with Crippen molar-refractivity contribution in [2.24, 2.45) is 0 Å². The molecule has 1 aliphatic rings. The zero-order chi connectivity index (χ0) is 14.9. The van der Waals surface area contributed by atoms with E-state index in [-0.39, 0.29) is 24.8 Å². The molecule has 1 atom stereocenters. The maximum atomic E-state index is 13.5. The molecule has 1 aliphatic heterocycles. The molecule has 128 valence electrons. The Labute approximate surface area is 145 Å². The van der Waals surface area contributed by atoms with E-state index in [1.54, 1.807) is 18.2 Å². The zero-order valence-corrected chi connectivity index (χ0v) is 14.0. The third-order valence-corrected chi connectivity index (χ3v) is 3.92. The van der Waals surface area contributed by atoms with Crippen LogP contribution in [-0.4, -0.2) is 37.3 Å². The molecular formula is C16H19Cl2F3N2. The predicted octanol–water partition coefficient (Wildman–Crippen LogP) is 4.19. The van der Waals surface area contributed by atoms with Crippen LogP contribution in [0, 0.1) is 0 Å².